The SMILES string of the molecule is CN1C(=O)CCCC[S+]1[O-]. The van der Waals surface area contributed by atoms with Crippen LogP contribution in [0.15, 0.2) is 0 Å². The number of rotatable bonds is 0. The Bertz CT molecular complexity index is 140. The van der Waals surface area contributed by atoms with E-state index in [1.165, 1.54) is 4.31 Å². The molecule has 0 saturated carbocycles. The van der Waals surface area contributed by atoms with Crippen LogP contribution in [0.4, 0.5) is 0 Å². The predicted octanol–water partition coefficient (Wildman–Crippen LogP) is 0.292. The Hall–Kier alpha value is -0.220. The summed E-state index contributed by atoms with van der Waals surface area (Å²) >= 11 is -1.05. The molecule has 0 radical (unpaired) electrons. The number of hydrogen-bond acceptors (Lipinski definition) is 2. The highest BCUT2D eigenvalue weighted by atomic mass is 32.2. The van der Waals surface area contributed by atoms with Crippen LogP contribution < -0.4 is 0 Å². The standard InChI is InChI=1S/C6H11NO2S/c1-7-6(8)4-2-3-5-10(7)9/h2-5H2,1H3. The molecular weight excluding hydrogens is 150 g/mol. The lowest BCUT2D eigenvalue weighted by Gasteiger charge is -2.16. The Kier molecular flexibility index (Phi) is 2.56. The molecule has 58 valence electrons. The highest BCUT2D eigenvalue weighted by molar-refractivity contribution is 7.89. The van der Waals surface area contributed by atoms with E-state index in [0.29, 0.717) is 12.2 Å². The molecule has 0 N–H and O–H groups in total. The highest BCUT2D eigenvalue weighted by Crippen LogP contribution is 2.12. The molecule has 0 aromatic rings. The Labute approximate surface area is 63.7 Å². The van der Waals surface area contributed by atoms with E-state index in [0.717, 1.165) is 12.8 Å². The fourth-order valence-electron chi connectivity index (χ4n) is 0.910. The van der Waals surface area contributed by atoms with Crippen molar-refractivity contribution in [2.45, 2.75) is 19.3 Å². The average Bonchev–Trinajstić information content (AvgIpc) is 2.04. The fourth-order valence-corrected chi connectivity index (χ4v) is 1.95. The maximum absolute atomic E-state index is 11.0. The van der Waals surface area contributed by atoms with Gasteiger partial charge in [0, 0.05) is 6.42 Å². The van der Waals surface area contributed by atoms with Gasteiger partial charge >= 0.3 is 0 Å². The van der Waals surface area contributed by atoms with Crippen LogP contribution in [0.1, 0.15) is 19.3 Å². The van der Waals surface area contributed by atoms with E-state index in [2.05, 4.69) is 0 Å². The van der Waals surface area contributed by atoms with Gasteiger partial charge in [-0.2, -0.15) is 4.31 Å². The third-order valence-electron chi connectivity index (χ3n) is 1.62. The quantitative estimate of drug-likeness (QED) is 0.479. The van der Waals surface area contributed by atoms with Gasteiger partial charge in [0.2, 0.25) is 0 Å². The summed E-state index contributed by atoms with van der Waals surface area (Å²) in [5, 5.41) is 0. The molecule has 1 aliphatic rings. The molecule has 0 bridgehead atoms. The number of amides is 1. The van der Waals surface area contributed by atoms with Crippen molar-refractivity contribution in [2.24, 2.45) is 0 Å². The van der Waals surface area contributed by atoms with E-state index in [4.69, 9.17) is 0 Å². The topological polar surface area (TPSA) is 43.4 Å². The van der Waals surface area contributed by atoms with E-state index >= 15 is 0 Å². The Balaban J connectivity index is 2.55. The minimum Gasteiger partial charge on any atom is -0.593 e. The van der Waals surface area contributed by atoms with E-state index in [1.807, 2.05) is 0 Å². The van der Waals surface area contributed by atoms with Crippen LogP contribution in [0.2, 0.25) is 0 Å². The van der Waals surface area contributed by atoms with Crippen molar-refractivity contribution in [3.8, 4) is 0 Å². The molecular formula is C6H11NO2S. The molecule has 1 fully saturated rings. The van der Waals surface area contributed by atoms with E-state index < -0.39 is 11.4 Å². The maximum atomic E-state index is 11.0. The molecule has 0 spiro atoms. The Morgan fingerprint density at radius 1 is 1.60 bits per heavy atom. The van der Waals surface area contributed by atoms with E-state index in [9.17, 15) is 9.35 Å². The van der Waals surface area contributed by atoms with Crippen molar-refractivity contribution < 1.29 is 9.35 Å². The first-order valence-electron chi connectivity index (χ1n) is 3.37. The van der Waals surface area contributed by atoms with Crippen molar-refractivity contribution in [3.05, 3.63) is 0 Å². The van der Waals surface area contributed by atoms with Crippen molar-refractivity contribution in [1.29, 1.82) is 0 Å². The lowest BCUT2D eigenvalue weighted by Crippen LogP contribution is -2.32. The summed E-state index contributed by atoms with van der Waals surface area (Å²) in [5.41, 5.74) is 0. The van der Waals surface area contributed by atoms with Gasteiger partial charge in [0.25, 0.3) is 5.91 Å². The maximum Gasteiger partial charge on any atom is 0.263 e. The lowest BCUT2D eigenvalue weighted by molar-refractivity contribution is -0.125. The van der Waals surface area contributed by atoms with E-state index in [1.54, 1.807) is 7.05 Å². The monoisotopic (exact) mass is 161 g/mol. The van der Waals surface area contributed by atoms with Gasteiger partial charge in [-0.25, -0.2) is 0 Å². The first-order valence-corrected chi connectivity index (χ1v) is 4.64. The summed E-state index contributed by atoms with van der Waals surface area (Å²) in [7, 11) is 1.60. The van der Waals surface area contributed by atoms with Crippen LogP contribution in [0, 0.1) is 0 Å². The van der Waals surface area contributed by atoms with Gasteiger partial charge in [-0.3, -0.25) is 4.79 Å². The molecule has 1 atom stereocenters. The van der Waals surface area contributed by atoms with Crippen LogP contribution in [0.5, 0.6) is 0 Å². The Morgan fingerprint density at radius 2 is 2.30 bits per heavy atom. The highest BCUT2D eigenvalue weighted by Gasteiger charge is 2.23. The van der Waals surface area contributed by atoms with Gasteiger partial charge in [0.05, 0.1) is 18.4 Å². The van der Waals surface area contributed by atoms with Crippen LogP contribution in [-0.2, 0) is 16.2 Å². The number of carbonyl (C=O) groups excluding carboxylic acids is 1. The smallest absolute Gasteiger partial charge is 0.263 e. The molecule has 1 unspecified atom stereocenters. The van der Waals surface area contributed by atoms with Crippen molar-refractivity contribution in [3.63, 3.8) is 0 Å². The van der Waals surface area contributed by atoms with Crippen LogP contribution >= 0.6 is 0 Å². The number of nitrogens with zero attached hydrogens (tertiary/aromatic N) is 1. The summed E-state index contributed by atoms with van der Waals surface area (Å²) < 4.78 is 12.4. The Morgan fingerprint density at radius 3 is 3.00 bits per heavy atom. The van der Waals surface area contributed by atoms with Gasteiger partial charge in [-0.15, -0.1) is 0 Å². The fraction of sp³-hybridized carbons (Fsp3) is 0.833. The second-order valence-electron chi connectivity index (χ2n) is 2.37. The zero-order valence-electron chi connectivity index (χ0n) is 6.00. The summed E-state index contributed by atoms with van der Waals surface area (Å²) in [5.74, 6) is 0.651. The first kappa shape index (κ1) is 7.88. The molecule has 1 aliphatic heterocycles. The van der Waals surface area contributed by atoms with Crippen LogP contribution in [0.3, 0.4) is 0 Å². The summed E-state index contributed by atoms with van der Waals surface area (Å²) in [6.07, 6.45) is 2.35. The molecule has 3 nitrogen and oxygen atoms in total. The van der Waals surface area contributed by atoms with Crippen LogP contribution in [0.25, 0.3) is 0 Å². The van der Waals surface area contributed by atoms with Gasteiger partial charge in [-0.05, 0) is 12.8 Å². The molecule has 10 heavy (non-hydrogen) atoms. The lowest BCUT2D eigenvalue weighted by atomic mass is 10.2. The minimum atomic E-state index is -1.05. The third kappa shape index (κ3) is 1.64. The van der Waals surface area contributed by atoms with Gasteiger partial charge in [-0.1, -0.05) is 0 Å². The van der Waals surface area contributed by atoms with Gasteiger partial charge < -0.3 is 4.55 Å². The molecule has 0 aliphatic carbocycles. The van der Waals surface area contributed by atoms with Gasteiger partial charge in [0.1, 0.15) is 5.75 Å². The summed E-state index contributed by atoms with van der Waals surface area (Å²) in [6.45, 7) is 0. The summed E-state index contributed by atoms with van der Waals surface area (Å²) in [6, 6.07) is 0. The molecule has 4 heteroatoms. The largest absolute Gasteiger partial charge is 0.593 e. The summed E-state index contributed by atoms with van der Waals surface area (Å²) in [4.78, 5) is 11.0. The number of hydrogen-bond donors (Lipinski definition) is 0. The zero-order valence-corrected chi connectivity index (χ0v) is 6.82. The molecule has 1 saturated heterocycles. The van der Waals surface area contributed by atoms with Crippen molar-refractivity contribution in [2.75, 3.05) is 12.8 Å². The first-order chi connectivity index (χ1) is 4.72. The molecule has 0 aromatic heterocycles. The molecule has 1 amide bonds. The molecule has 1 heterocycles. The predicted molar refractivity (Wildman–Crippen MR) is 39.6 cm³/mol. The second kappa shape index (κ2) is 3.25. The number of carbonyl (C=O) groups is 1. The molecule has 1 rings (SSSR count). The normalized spacial score (nSPS) is 28.4. The van der Waals surface area contributed by atoms with Gasteiger partial charge in [0.15, 0.2) is 0 Å². The zero-order chi connectivity index (χ0) is 7.56. The average molecular weight is 161 g/mol. The van der Waals surface area contributed by atoms with Crippen LogP contribution in [-0.4, -0.2) is 27.6 Å². The third-order valence-corrected chi connectivity index (χ3v) is 3.07. The minimum absolute atomic E-state index is 0.0100. The van der Waals surface area contributed by atoms with E-state index in [-0.39, 0.29) is 5.91 Å². The second-order valence-corrected chi connectivity index (χ2v) is 3.97. The molecule has 0 aromatic carbocycles. The van der Waals surface area contributed by atoms with Crippen molar-refractivity contribution >= 4 is 17.3 Å². The van der Waals surface area contributed by atoms with Crippen molar-refractivity contribution in [1.82, 2.24) is 4.31 Å².